The molecule has 0 unspecified atom stereocenters. The zero-order valence-corrected chi connectivity index (χ0v) is 12.1. The fourth-order valence-electron chi connectivity index (χ4n) is 2.20. The largest absolute Gasteiger partial charge is 0.370 e. The van der Waals surface area contributed by atoms with Gasteiger partial charge in [-0.15, -0.1) is 0 Å². The molecule has 2 N–H and O–H groups in total. The third-order valence-corrected chi connectivity index (χ3v) is 3.45. The minimum absolute atomic E-state index is 0.558. The first-order valence-electron chi connectivity index (χ1n) is 6.35. The fraction of sp³-hybridized carbons (Fsp3) is 0.250. The highest BCUT2D eigenvalue weighted by molar-refractivity contribution is 6.30. The lowest BCUT2D eigenvalue weighted by atomic mass is 10.1. The van der Waals surface area contributed by atoms with Crippen molar-refractivity contribution < 1.29 is 0 Å². The van der Waals surface area contributed by atoms with Crippen molar-refractivity contribution in [3.05, 3.63) is 64.2 Å². The summed E-state index contributed by atoms with van der Waals surface area (Å²) in [5.74, 6) is 0. The van der Waals surface area contributed by atoms with E-state index in [2.05, 4.69) is 49.2 Å². The van der Waals surface area contributed by atoms with Gasteiger partial charge in [0.2, 0.25) is 0 Å². The van der Waals surface area contributed by atoms with Crippen molar-refractivity contribution >= 4 is 17.3 Å². The van der Waals surface area contributed by atoms with E-state index in [-0.39, 0.29) is 0 Å². The second kappa shape index (κ2) is 6.09. The van der Waals surface area contributed by atoms with E-state index in [0.717, 1.165) is 11.6 Å². The molecule has 0 saturated heterocycles. The molecule has 0 heterocycles. The van der Waals surface area contributed by atoms with Crippen LogP contribution in [-0.4, -0.2) is 7.05 Å². The van der Waals surface area contributed by atoms with Crippen molar-refractivity contribution in [1.29, 1.82) is 0 Å². The Morgan fingerprint density at radius 1 is 1.11 bits per heavy atom. The standard InChI is InChI=1S/C16H19ClN2/c1-12-3-8-16(14(9-12)10-18)19(2)11-13-4-6-15(17)7-5-13/h3-9H,10-11,18H2,1-2H3. The second-order valence-electron chi connectivity index (χ2n) is 4.82. The summed E-state index contributed by atoms with van der Waals surface area (Å²) in [6.45, 7) is 3.48. The van der Waals surface area contributed by atoms with Gasteiger partial charge in [0.15, 0.2) is 0 Å². The van der Waals surface area contributed by atoms with Gasteiger partial charge in [-0.05, 0) is 36.2 Å². The highest BCUT2D eigenvalue weighted by Crippen LogP contribution is 2.22. The predicted molar refractivity (Wildman–Crippen MR) is 82.6 cm³/mol. The first-order valence-corrected chi connectivity index (χ1v) is 6.73. The molecule has 0 radical (unpaired) electrons. The van der Waals surface area contributed by atoms with Gasteiger partial charge in [0.25, 0.3) is 0 Å². The van der Waals surface area contributed by atoms with Gasteiger partial charge in [0, 0.05) is 30.8 Å². The monoisotopic (exact) mass is 274 g/mol. The second-order valence-corrected chi connectivity index (χ2v) is 5.26. The Morgan fingerprint density at radius 2 is 1.79 bits per heavy atom. The van der Waals surface area contributed by atoms with Crippen molar-refractivity contribution in [3.8, 4) is 0 Å². The lowest BCUT2D eigenvalue weighted by Crippen LogP contribution is -2.19. The van der Waals surface area contributed by atoms with Crippen molar-refractivity contribution in [3.63, 3.8) is 0 Å². The maximum Gasteiger partial charge on any atom is 0.0426 e. The number of rotatable bonds is 4. The van der Waals surface area contributed by atoms with E-state index in [1.165, 1.54) is 22.4 Å². The van der Waals surface area contributed by atoms with E-state index in [4.69, 9.17) is 17.3 Å². The van der Waals surface area contributed by atoms with E-state index in [1.54, 1.807) is 0 Å². The minimum atomic E-state index is 0.558. The van der Waals surface area contributed by atoms with Crippen LogP contribution in [0, 0.1) is 6.92 Å². The minimum Gasteiger partial charge on any atom is -0.370 e. The highest BCUT2D eigenvalue weighted by Gasteiger charge is 2.07. The molecule has 0 aromatic heterocycles. The van der Waals surface area contributed by atoms with Gasteiger partial charge in [-0.3, -0.25) is 0 Å². The van der Waals surface area contributed by atoms with Crippen LogP contribution >= 0.6 is 11.6 Å². The van der Waals surface area contributed by atoms with Gasteiger partial charge < -0.3 is 10.6 Å². The quantitative estimate of drug-likeness (QED) is 0.920. The van der Waals surface area contributed by atoms with Crippen molar-refractivity contribution in [1.82, 2.24) is 0 Å². The van der Waals surface area contributed by atoms with Crippen molar-refractivity contribution in [2.75, 3.05) is 11.9 Å². The van der Waals surface area contributed by atoms with Crippen LogP contribution in [0.1, 0.15) is 16.7 Å². The maximum atomic E-state index is 5.90. The lowest BCUT2D eigenvalue weighted by Gasteiger charge is -2.22. The molecule has 0 atom stereocenters. The Labute approximate surface area is 119 Å². The van der Waals surface area contributed by atoms with Gasteiger partial charge in [-0.1, -0.05) is 41.4 Å². The van der Waals surface area contributed by atoms with Gasteiger partial charge in [-0.2, -0.15) is 0 Å². The number of anilines is 1. The summed E-state index contributed by atoms with van der Waals surface area (Å²) in [5.41, 5.74) is 10.7. The Kier molecular flexibility index (Phi) is 4.46. The number of nitrogens with zero attached hydrogens (tertiary/aromatic N) is 1. The topological polar surface area (TPSA) is 29.3 Å². The molecule has 0 fully saturated rings. The molecule has 0 aliphatic rings. The number of hydrogen-bond donors (Lipinski definition) is 1. The molecular weight excluding hydrogens is 256 g/mol. The molecule has 0 spiro atoms. The van der Waals surface area contributed by atoms with Crippen LogP contribution in [0.2, 0.25) is 5.02 Å². The molecule has 0 bridgehead atoms. The molecule has 0 amide bonds. The average Bonchev–Trinajstić information content (AvgIpc) is 2.41. The van der Waals surface area contributed by atoms with E-state index < -0.39 is 0 Å². The number of aryl methyl sites for hydroxylation is 1. The normalized spacial score (nSPS) is 10.5. The smallest absolute Gasteiger partial charge is 0.0426 e. The summed E-state index contributed by atoms with van der Waals surface area (Å²) in [6, 6.07) is 14.3. The van der Waals surface area contributed by atoms with E-state index in [0.29, 0.717) is 6.54 Å². The van der Waals surface area contributed by atoms with Crippen molar-refractivity contribution in [2.45, 2.75) is 20.0 Å². The van der Waals surface area contributed by atoms with Gasteiger partial charge in [0.05, 0.1) is 0 Å². The number of hydrogen-bond acceptors (Lipinski definition) is 2. The molecule has 0 saturated carbocycles. The average molecular weight is 275 g/mol. The molecule has 2 aromatic carbocycles. The van der Waals surface area contributed by atoms with Crippen LogP contribution in [0.3, 0.4) is 0 Å². The Bertz CT molecular complexity index is 549. The van der Waals surface area contributed by atoms with E-state index >= 15 is 0 Å². The van der Waals surface area contributed by atoms with Crippen molar-refractivity contribution in [2.24, 2.45) is 5.73 Å². The summed E-state index contributed by atoms with van der Waals surface area (Å²) in [6.07, 6.45) is 0. The summed E-state index contributed by atoms with van der Waals surface area (Å²) < 4.78 is 0. The van der Waals surface area contributed by atoms with Gasteiger partial charge >= 0.3 is 0 Å². The summed E-state index contributed by atoms with van der Waals surface area (Å²) >= 11 is 5.90. The SMILES string of the molecule is Cc1ccc(N(C)Cc2ccc(Cl)cc2)c(CN)c1. The van der Waals surface area contributed by atoms with Crippen LogP contribution in [-0.2, 0) is 13.1 Å². The van der Waals surface area contributed by atoms with E-state index in [9.17, 15) is 0 Å². The zero-order valence-electron chi connectivity index (χ0n) is 11.4. The van der Waals surface area contributed by atoms with Crippen LogP contribution in [0.15, 0.2) is 42.5 Å². The third-order valence-electron chi connectivity index (χ3n) is 3.20. The molecular formula is C16H19ClN2. The number of benzene rings is 2. The lowest BCUT2D eigenvalue weighted by molar-refractivity contribution is 0.903. The summed E-state index contributed by atoms with van der Waals surface area (Å²) in [4.78, 5) is 2.21. The number of halogens is 1. The molecule has 3 heteroatoms. The van der Waals surface area contributed by atoms with Crippen LogP contribution < -0.4 is 10.6 Å². The molecule has 2 aromatic rings. The Hall–Kier alpha value is -1.51. The predicted octanol–water partition coefficient (Wildman–Crippen LogP) is 3.74. The fourth-order valence-corrected chi connectivity index (χ4v) is 2.33. The molecule has 0 aliphatic heterocycles. The van der Waals surface area contributed by atoms with Gasteiger partial charge in [-0.25, -0.2) is 0 Å². The highest BCUT2D eigenvalue weighted by atomic mass is 35.5. The first-order chi connectivity index (χ1) is 9.10. The molecule has 100 valence electrons. The van der Waals surface area contributed by atoms with Crippen LogP contribution in [0.5, 0.6) is 0 Å². The summed E-state index contributed by atoms with van der Waals surface area (Å²) in [5, 5.41) is 0.768. The molecule has 2 nitrogen and oxygen atoms in total. The Balaban J connectivity index is 2.19. The third kappa shape index (κ3) is 3.49. The van der Waals surface area contributed by atoms with Crippen LogP contribution in [0.25, 0.3) is 0 Å². The zero-order chi connectivity index (χ0) is 13.8. The summed E-state index contributed by atoms with van der Waals surface area (Å²) in [7, 11) is 2.08. The van der Waals surface area contributed by atoms with Gasteiger partial charge in [0.1, 0.15) is 0 Å². The molecule has 0 aliphatic carbocycles. The molecule has 19 heavy (non-hydrogen) atoms. The number of nitrogens with two attached hydrogens (primary N) is 1. The first kappa shape index (κ1) is 13.9. The molecule has 2 rings (SSSR count). The van der Waals surface area contributed by atoms with E-state index in [1.807, 2.05) is 12.1 Å². The van der Waals surface area contributed by atoms with Crippen LogP contribution in [0.4, 0.5) is 5.69 Å². The Morgan fingerprint density at radius 3 is 2.42 bits per heavy atom. The maximum absolute atomic E-state index is 5.90.